The van der Waals surface area contributed by atoms with E-state index in [1.165, 1.54) is 0 Å². The number of guanidine groups is 1. The van der Waals surface area contributed by atoms with Crippen molar-refractivity contribution in [2.45, 2.75) is 12.6 Å². The summed E-state index contributed by atoms with van der Waals surface area (Å²) in [5.74, 6) is 0.906. The van der Waals surface area contributed by atoms with Crippen molar-refractivity contribution in [2.24, 2.45) is 12.0 Å². The lowest BCUT2D eigenvalue weighted by Crippen LogP contribution is -2.55. The summed E-state index contributed by atoms with van der Waals surface area (Å²) >= 11 is 6.06. The van der Waals surface area contributed by atoms with Crippen LogP contribution < -0.4 is 5.32 Å². The van der Waals surface area contributed by atoms with Gasteiger partial charge in [-0.15, -0.1) is 0 Å². The lowest BCUT2D eigenvalue weighted by atomic mass is 10.2. The zero-order valence-electron chi connectivity index (χ0n) is 14.9. The van der Waals surface area contributed by atoms with E-state index >= 15 is 0 Å². The van der Waals surface area contributed by atoms with Crippen molar-refractivity contribution in [1.29, 1.82) is 0 Å². The van der Waals surface area contributed by atoms with Gasteiger partial charge in [0, 0.05) is 65.3 Å². The van der Waals surface area contributed by atoms with Gasteiger partial charge in [0.2, 0.25) is 0 Å². The van der Waals surface area contributed by atoms with Crippen LogP contribution in [0.2, 0.25) is 5.02 Å². The molecule has 23 heavy (non-hydrogen) atoms. The molecule has 7 heteroatoms. The van der Waals surface area contributed by atoms with Gasteiger partial charge in [0.15, 0.2) is 5.96 Å². The van der Waals surface area contributed by atoms with Crippen molar-refractivity contribution >= 4 is 17.6 Å². The van der Waals surface area contributed by atoms with Crippen LogP contribution in [0.25, 0.3) is 0 Å². The number of hydrogen-bond acceptors (Lipinski definition) is 3. The molecule has 2 heterocycles. The number of aliphatic imine (C=N–C) groups is 1. The van der Waals surface area contributed by atoms with Crippen LogP contribution in [0.15, 0.2) is 17.3 Å². The van der Waals surface area contributed by atoms with Gasteiger partial charge in [-0.05, 0) is 20.2 Å². The average molecular weight is 341 g/mol. The second kappa shape index (κ2) is 8.04. The topological polar surface area (TPSA) is 39.0 Å². The zero-order valence-corrected chi connectivity index (χ0v) is 15.6. The average Bonchev–Trinajstić information content (AvgIpc) is 2.81. The third kappa shape index (κ3) is 4.86. The molecule has 1 aromatic rings. The van der Waals surface area contributed by atoms with E-state index in [-0.39, 0.29) is 0 Å². The summed E-state index contributed by atoms with van der Waals surface area (Å²) in [6, 6.07) is 2.50. The summed E-state index contributed by atoms with van der Waals surface area (Å²) in [7, 11) is 10.3. The van der Waals surface area contributed by atoms with Crippen molar-refractivity contribution in [3.05, 3.63) is 23.0 Å². The first-order chi connectivity index (χ1) is 10.9. The van der Waals surface area contributed by atoms with Gasteiger partial charge in [0.25, 0.3) is 0 Å². The molecule has 2 rings (SSSR count). The number of aromatic nitrogens is 1. The first-order valence-electron chi connectivity index (χ1n) is 8.02. The Morgan fingerprint density at radius 3 is 2.74 bits per heavy atom. The van der Waals surface area contributed by atoms with Crippen LogP contribution in [-0.4, -0.2) is 85.6 Å². The molecule has 0 aliphatic carbocycles. The van der Waals surface area contributed by atoms with Crippen LogP contribution in [0.4, 0.5) is 0 Å². The van der Waals surface area contributed by atoms with Gasteiger partial charge >= 0.3 is 0 Å². The van der Waals surface area contributed by atoms with E-state index in [0.717, 1.165) is 49.4 Å². The van der Waals surface area contributed by atoms with Gasteiger partial charge in [-0.2, -0.15) is 0 Å². The van der Waals surface area contributed by atoms with Crippen molar-refractivity contribution in [2.75, 3.05) is 54.4 Å². The summed E-state index contributed by atoms with van der Waals surface area (Å²) in [6.07, 6.45) is 1.92. The Morgan fingerprint density at radius 2 is 2.13 bits per heavy atom. The van der Waals surface area contributed by atoms with Gasteiger partial charge in [-0.1, -0.05) is 11.6 Å². The largest absolute Gasteiger partial charge is 0.355 e. The molecular weight excluding hydrogens is 312 g/mol. The Balaban J connectivity index is 1.90. The van der Waals surface area contributed by atoms with Crippen molar-refractivity contribution < 1.29 is 0 Å². The molecule has 6 nitrogen and oxygen atoms in total. The Hall–Kier alpha value is -1.24. The van der Waals surface area contributed by atoms with Crippen LogP contribution in [0.3, 0.4) is 0 Å². The SMILES string of the molecule is CN=C(NCC1CN(C)CCN1C)N(C)Cc1cc(Cl)cn1C. The molecule has 0 radical (unpaired) electrons. The van der Waals surface area contributed by atoms with E-state index in [9.17, 15) is 0 Å². The number of halogens is 1. The molecule has 1 saturated heterocycles. The van der Waals surface area contributed by atoms with Crippen LogP contribution >= 0.6 is 11.6 Å². The fourth-order valence-corrected chi connectivity index (χ4v) is 3.23. The highest BCUT2D eigenvalue weighted by Crippen LogP contribution is 2.14. The van der Waals surface area contributed by atoms with E-state index < -0.39 is 0 Å². The van der Waals surface area contributed by atoms with Crippen molar-refractivity contribution in [1.82, 2.24) is 24.6 Å². The third-order valence-electron chi connectivity index (χ3n) is 4.52. The highest BCUT2D eigenvalue weighted by Gasteiger charge is 2.22. The quantitative estimate of drug-likeness (QED) is 0.654. The molecule has 1 atom stereocenters. The molecule has 0 amide bonds. The predicted molar refractivity (Wildman–Crippen MR) is 97.2 cm³/mol. The number of nitrogens with zero attached hydrogens (tertiary/aromatic N) is 5. The Labute approximate surface area is 144 Å². The fraction of sp³-hybridized carbons (Fsp3) is 0.688. The second-order valence-corrected chi connectivity index (χ2v) is 6.88. The summed E-state index contributed by atoms with van der Waals surface area (Å²) in [4.78, 5) is 11.3. The number of likely N-dealkylation sites (N-methyl/N-ethyl adjacent to an activating group) is 2. The van der Waals surface area contributed by atoms with Gasteiger partial charge in [0.05, 0.1) is 11.6 Å². The number of hydrogen-bond donors (Lipinski definition) is 1. The number of nitrogens with one attached hydrogen (secondary N) is 1. The molecule has 130 valence electrons. The molecular formula is C16H29ClN6. The van der Waals surface area contributed by atoms with E-state index in [1.54, 1.807) is 0 Å². The standard InChI is InChI=1S/C16H29ClN6/c1-18-16(19-9-15-11-20(2)6-7-21(15)3)23(5)12-14-8-13(17)10-22(14)4/h8,10,15H,6-7,9,11-12H2,1-5H3,(H,18,19). The van der Waals surface area contributed by atoms with E-state index in [4.69, 9.17) is 11.6 Å². The van der Waals surface area contributed by atoms with E-state index in [0.29, 0.717) is 6.04 Å². The van der Waals surface area contributed by atoms with Gasteiger partial charge in [-0.3, -0.25) is 9.89 Å². The number of piperazine rings is 1. The van der Waals surface area contributed by atoms with Gasteiger partial charge in [-0.25, -0.2) is 0 Å². The van der Waals surface area contributed by atoms with Crippen LogP contribution in [0, 0.1) is 0 Å². The van der Waals surface area contributed by atoms with Crippen molar-refractivity contribution in [3.8, 4) is 0 Å². The minimum Gasteiger partial charge on any atom is -0.355 e. The Morgan fingerprint density at radius 1 is 1.39 bits per heavy atom. The van der Waals surface area contributed by atoms with E-state index in [1.807, 2.05) is 33.4 Å². The Bertz CT molecular complexity index is 541. The van der Waals surface area contributed by atoms with Gasteiger partial charge in [0.1, 0.15) is 0 Å². The maximum absolute atomic E-state index is 6.06. The molecule has 0 bridgehead atoms. The molecule has 1 fully saturated rings. The summed E-state index contributed by atoms with van der Waals surface area (Å²) in [5.41, 5.74) is 1.16. The maximum Gasteiger partial charge on any atom is 0.193 e. The lowest BCUT2D eigenvalue weighted by Gasteiger charge is -2.38. The normalized spacial score (nSPS) is 20.8. The smallest absolute Gasteiger partial charge is 0.193 e. The monoisotopic (exact) mass is 340 g/mol. The maximum atomic E-state index is 6.06. The van der Waals surface area contributed by atoms with Gasteiger partial charge < -0.3 is 19.7 Å². The number of rotatable bonds is 4. The molecule has 1 N–H and O–H groups in total. The number of aryl methyl sites for hydroxylation is 1. The highest BCUT2D eigenvalue weighted by atomic mass is 35.5. The second-order valence-electron chi connectivity index (χ2n) is 6.44. The molecule has 1 unspecified atom stereocenters. The molecule has 0 spiro atoms. The molecule has 1 aromatic heterocycles. The fourth-order valence-electron chi connectivity index (χ4n) is 2.96. The highest BCUT2D eigenvalue weighted by molar-refractivity contribution is 6.30. The van der Waals surface area contributed by atoms with E-state index in [2.05, 4.69) is 43.7 Å². The third-order valence-corrected chi connectivity index (χ3v) is 4.73. The van der Waals surface area contributed by atoms with Crippen LogP contribution in [-0.2, 0) is 13.6 Å². The minimum atomic E-state index is 0.503. The predicted octanol–water partition coefficient (Wildman–Crippen LogP) is 0.932. The molecule has 0 aromatic carbocycles. The van der Waals surface area contributed by atoms with Crippen LogP contribution in [0.1, 0.15) is 5.69 Å². The minimum absolute atomic E-state index is 0.503. The first-order valence-corrected chi connectivity index (χ1v) is 8.39. The Kier molecular flexibility index (Phi) is 6.33. The molecule has 1 aliphatic heterocycles. The summed E-state index contributed by atoms with van der Waals surface area (Å²) in [6.45, 7) is 4.99. The zero-order chi connectivity index (χ0) is 17.0. The molecule has 0 saturated carbocycles. The molecule has 1 aliphatic rings. The van der Waals surface area contributed by atoms with Crippen molar-refractivity contribution in [3.63, 3.8) is 0 Å². The lowest BCUT2D eigenvalue weighted by molar-refractivity contribution is 0.116. The summed E-state index contributed by atoms with van der Waals surface area (Å²) in [5, 5.41) is 4.27. The summed E-state index contributed by atoms with van der Waals surface area (Å²) < 4.78 is 2.05. The van der Waals surface area contributed by atoms with Crippen LogP contribution in [0.5, 0.6) is 0 Å². The first kappa shape index (κ1) is 18.1.